The van der Waals surface area contributed by atoms with Crippen molar-refractivity contribution in [1.29, 1.82) is 0 Å². The van der Waals surface area contributed by atoms with Crippen LogP contribution in [0.2, 0.25) is 0 Å². The molecule has 2 atom stereocenters. The fourth-order valence-corrected chi connectivity index (χ4v) is 4.59. The molecule has 2 unspecified atom stereocenters. The molecule has 0 amide bonds. The lowest BCUT2D eigenvalue weighted by Crippen LogP contribution is -2.37. The molecular weight excluding hydrogens is 342 g/mol. The summed E-state index contributed by atoms with van der Waals surface area (Å²) in [6, 6.07) is 30.5. The van der Waals surface area contributed by atoms with Crippen LogP contribution in [0.5, 0.6) is 11.5 Å². The zero-order chi connectivity index (χ0) is 18.8. The zero-order valence-electron chi connectivity index (χ0n) is 16.0. The molecule has 28 heavy (non-hydrogen) atoms. The van der Waals surface area contributed by atoms with Crippen LogP contribution in [0.1, 0.15) is 30.4 Å². The van der Waals surface area contributed by atoms with Crippen LogP contribution in [0.25, 0.3) is 5.57 Å². The molecule has 0 N–H and O–H groups in total. The summed E-state index contributed by atoms with van der Waals surface area (Å²) in [6.45, 7) is 1.04. The van der Waals surface area contributed by atoms with Gasteiger partial charge in [-0.05, 0) is 48.6 Å². The number of fused-ring (bicyclic) bond motifs is 2. The molecule has 2 heterocycles. The average Bonchev–Trinajstić information content (AvgIpc) is 2.97. The molecule has 0 aromatic heterocycles. The Bertz CT molecular complexity index is 964. The van der Waals surface area contributed by atoms with Crippen LogP contribution >= 0.6 is 0 Å². The van der Waals surface area contributed by atoms with E-state index in [1.807, 2.05) is 30.3 Å². The first-order chi connectivity index (χ1) is 13.9. The van der Waals surface area contributed by atoms with Gasteiger partial charge < -0.3 is 4.74 Å². The Hall–Kier alpha value is -2.84. The Morgan fingerprint density at radius 1 is 0.786 bits per heavy atom. The summed E-state index contributed by atoms with van der Waals surface area (Å²) in [5, 5.41) is 0. The summed E-state index contributed by atoms with van der Waals surface area (Å²) < 4.78 is 6.22. The van der Waals surface area contributed by atoms with Gasteiger partial charge in [-0.2, -0.15) is 0 Å². The fraction of sp³-hybridized carbons (Fsp3) is 0.231. The van der Waals surface area contributed by atoms with Crippen molar-refractivity contribution in [3.05, 3.63) is 102 Å². The summed E-state index contributed by atoms with van der Waals surface area (Å²) >= 11 is 0. The van der Waals surface area contributed by atoms with Gasteiger partial charge in [-0.1, -0.05) is 72.8 Å². The van der Waals surface area contributed by atoms with Crippen LogP contribution in [0.4, 0.5) is 0 Å². The van der Waals surface area contributed by atoms with Crippen LogP contribution < -0.4 is 4.74 Å². The third-order valence-corrected chi connectivity index (χ3v) is 5.95. The van der Waals surface area contributed by atoms with Crippen LogP contribution in [-0.4, -0.2) is 17.0 Å². The zero-order valence-corrected chi connectivity index (χ0v) is 16.0. The minimum Gasteiger partial charge on any atom is -0.457 e. The van der Waals surface area contributed by atoms with Crippen molar-refractivity contribution in [3.63, 3.8) is 0 Å². The Kier molecular flexibility index (Phi) is 4.72. The summed E-state index contributed by atoms with van der Waals surface area (Å²) in [4.78, 5) is 2.68. The fourth-order valence-electron chi connectivity index (χ4n) is 4.59. The van der Waals surface area contributed by atoms with Gasteiger partial charge in [0, 0.05) is 24.2 Å². The highest BCUT2D eigenvalue weighted by Crippen LogP contribution is 2.42. The van der Waals surface area contributed by atoms with E-state index in [1.54, 1.807) is 0 Å². The van der Waals surface area contributed by atoms with E-state index < -0.39 is 0 Å². The number of benzene rings is 3. The first-order valence-electron chi connectivity index (χ1n) is 10.2. The molecule has 140 valence electrons. The lowest BCUT2D eigenvalue weighted by atomic mass is 9.93. The number of hydrogen-bond donors (Lipinski definition) is 0. The number of hydrogen-bond acceptors (Lipinski definition) is 2. The molecular formula is C26H25NO. The Balaban J connectivity index is 1.40. The molecule has 2 heteroatoms. The van der Waals surface area contributed by atoms with Gasteiger partial charge in [0.15, 0.2) is 0 Å². The van der Waals surface area contributed by atoms with E-state index in [0.717, 1.165) is 24.5 Å². The monoisotopic (exact) mass is 367 g/mol. The topological polar surface area (TPSA) is 12.5 Å². The largest absolute Gasteiger partial charge is 0.457 e. The SMILES string of the molecule is C1=C(c2ccccc2Oc2ccccc2)CC2CCC1N2Cc1ccccc1. The van der Waals surface area contributed by atoms with Crippen LogP contribution in [0.3, 0.4) is 0 Å². The van der Waals surface area contributed by atoms with E-state index in [-0.39, 0.29) is 0 Å². The van der Waals surface area contributed by atoms with E-state index >= 15 is 0 Å². The van der Waals surface area contributed by atoms with Gasteiger partial charge in [0.2, 0.25) is 0 Å². The first-order valence-corrected chi connectivity index (χ1v) is 10.2. The van der Waals surface area contributed by atoms with E-state index in [1.165, 1.54) is 29.5 Å². The molecule has 0 aliphatic carbocycles. The predicted octanol–water partition coefficient (Wildman–Crippen LogP) is 6.30. The standard InChI is InChI=1S/C26H25NO/c1-3-9-20(10-4-1)19-27-22-15-16-23(27)18-21(17-22)25-13-7-8-14-26(25)28-24-11-5-2-6-12-24/h1-14,17,22-23H,15-16,18-19H2. The minimum atomic E-state index is 0.527. The molecule has 2 aliphatic heterocycles. The van der Waals surface area contributed by atoms with E-state index in [9.17, 15) is 0 Å². The second kappa shape index (κ2) is 7.65. The molecule has 3 aromatic rings. The number of rotatable bonds is 5. The summed E-state index contributed by atoms with van der Waals surface area (Å²) in [5.74, 6) is 1.84. The van der Waals surface area contributed by atoms with Crippen LogP contribution in [-0.2, 0) is 6.54 Å². The van der Waals surface area contributed by atoms with Gasteiger partial charge >= 0.3 is 0 Å². The maximum Gasteiger partial charge on any atom is 0.134 e. The average molecular weight is 367 g/mol. The van der Waals surface area contributed by atoms with Gasteiger partial charge in [0.25, 0.3) is 0 Å². The van der Waals surface area contributed by atoms with Crippen molar-refractivity contribution in [2.24, 2.45) is 0 Å². The third kappa shape index (κ3) is 3.48. The molecule has 2 nitrogen and oxygen atoms in total. The molecule has 0 radical (unpaired) electrons. The smallest absolute Gasteiger partial charge is 0.134 e. The highest BCUT2D eigenvalue weighted by molar-refractivity contribution is 5.73. The van der Waals surface area contributed by atoms with Crippen molar-refractivity contribution in [3.8, 4) is 11.5 Å². The maximum absolute atomic E-state index is 6.22. The van der Waals surface area contributed by atoms with Gasteiger partial charge in [0.05, 0.1) is 0 Å². The summed E-state index contributed by atoms with van der Waals surface area (Å²) in [6.07, 6.45) is 6.11. The van der Waals surface area contributed by atoms with E-state index in [0.29, 0.717) is 12.1 Å². The first kappa shape index (κ1) is 17.3. The summed E-state index contributed by atoms with van der Waals surface area (Å²) in [7, 11) is 0. The number of ether oxygens (including phenoxy) is 1. The Morgan fingerprint density at radius 3 is 2.29 bits per heavy atom. The molecule has 0 spiro atoms. The van der Waals surface area contributed by atoms with Gasteiger partial charge in [0.1, 0.15) is 11.5 Å². The lowest BCUT2D eigenvalue weighted by molar-refractivity contribution is 0.203. The van der Waals surface area contributed by atoms with E-state index in [2.05, 4.69) is 65.6 Å². The normalized spacial score (nSPS) is 21.4. The molecule has 0 saturated carbocycles. The molecule has 2 bridgehead atoms. The number of para-hydroxylation sites is 2. The minimum absolute atomic E-state index is 0.527. The molecule has 1 fully saturated rings. The van der Waals surface area contributed by atoms with E-state index in [4.69, 9.17) is 4.74 Å². The van der Waals surface area contributed by atoms with Crippen LogP contribution in [0, 0.1) is 0 Å². The summed E-state index contributed by atoms with van der Waals surface area (Å²) in [5.41, 5.74) is 4.08. The van der Waals surface area contributed by atoms with Gasteiger partial charge in [-0.25, -0.2) is 0 Å². The van der Waals surface area contributed by atoms with Crippen LogP contribution in [0.15, 0.2) is 91.0 Å². The molecule has 5 rings (SSSR count). The highest BCUT2D eigenvalue weighted by Gasteiger charge is 2.37. The highest BCUT2D eigenvalue weighted by atomic mass is 16.5. The van der Waals surface area contributed by atoms with Crippen molar-refractivity contribution < 1.29 is 4.74 Å². The second-order valence-electron chi connectivity index (χ2n) is 7.76. The lowest BCUT2D eigenvalue weighted by Gasteiger charge is -2.34. The second-order valence-corrected chi connectivity index (χ2v) is 7.76. The van der Waals surface area contributed by atoms with Gasteiger partial charge in [-0.3, -0.25) is 4.90 Å². The third-order valence-electron chi connectivity index (χ3n) is 5.95. The Morgan fingerprint density at radius 2 is 1.50 bits per heavy atom. The molecule has 3 aromatic carbocycles. The van der Waals surface area contributed by atoms with Crippen molar-refractivity contribution >= 4 is 5.57 Å². The molecule has 2 aliphatic rings. The Labute approximate surface area is 167 Å². The van der Waals surface area contributed by atoms with Gasteiger partial charge in [-0.15, -0.1) is 0 Å². The molecule has 1 saturated heterocycles. The van der Waals surface area contributed by atoms with Crippen molar-refractivity contribution in [2.45, 2.75) is 37.9 Å². The predicted molar refractivity (Wildman–Crippen MR) is 114 cm³/mol. The number of nitrogens with zero attached hydrogens (tertiary/aromatic N) is 1. The van der Waals surface area contributed by atoms with Crippen molar-refractivity contribution in [2.75, 3.05) is 0 Å². The maximum atomic E-state index is 6.22. The van der Waals surface area contributed by atoms with Crippen molar-refractivity contribution in [1.82, 2.24) is 4.90 Å². The quantitative estimate of drug-likeness (QED) is 0.525.